The minimum Gasteiger partial charge on any atom is -0.462 e. The topological polar surface area (TPSA) is 60.3 Å². The molecule has 6 heteroatoms. The van der Waals surface area contributed by atoms with Crippen molar-refractivity contribution in [1.29, 1.82) is 0 Å². The van der Waals surface area contributed by atoms with Crippen LogP contribution >= 0.6 is 11.3 Å². The number of nitrogens with zero attached hydrogens (tertiary/aromatic N) is 1. The van der Waals surface area contributed by atoms with Crippen LogP contribution in [-0.2, 0) is 22.5 Å². The second-order valence-electron chi connectivity index (χ2n) is 5.90. The van der Waals surface area contributed by atoms with Crippen molar-refractivity contribution in [2.75, 3.05) is 11.9 Å². The van der Waals surface area contributed by atoms with Crippen molar-refractivity contribution in [3.8, 4) is 0 Å². The second kappa shape index (κ2) is 8.19. The predicted molar refractivity (Wildman–Crippen MR) is 105 cm³/mol. The third kappa shape index (κ3) is 3.96. The van der Waals surface area contributed by atoms with Gasteiger partial charge in [0.15, 0.2) is 0 Å². The molecule has 0 fully saturated rings. The van der Waals surface area contributed by atoms with Crippen LogP contribution in [0.3, 0.4) is 0 Å². The van der Waals surface area contributed by atoms with E-state index in [0.29, 0.717) is 30.1 Å². The van der Waals surface area contributed by atoms with Crippen LogP contribution < -0.4 is 5.32 Å². The van der Waals surface area contributed by atoms with Crippen LogP contribution in [0, 0.1) is 0 Å². The average molecular weight is 370 g/mol. The maximum atomic E-state index is 12.4. The maximum absolute atomic E-state index is 12.4. The number of hydrogen-bond acceptors (Lipinski definition) is 4. The van der Waals surface area contributed by atoms with E-state index in [0.717, 1.165) is 22.2 Å². The number of carbonyl (C=O) groups is 2. The number of hydrogen-bond donors (Lipinski definition) is 1. The van der Waals surface area contributed by atoms with Crippen LogP contribution in [-0.4, -0.2) is 23.1 Å². The number of ether oxygens (including phenoxy) is 1. The highest BCUT2D eigenvalue weighted by atomic mass is 32.1. The van der Waals surface area contributed by atoms with Gasteiger partial charge in [0.25, 0.3) is 0 Å². The molecular formula is C20H22N2O3S. The van der Waals surface area contributed by atoms with Gasteiger partial charge in [-0.05, 0) is 36.9 Å². The first-order valence-corrected chi connectivity index (χ1v) is 9.57. The molecular weight excluding hydrogens is 348 g/mol. The van der Waals surface area contributed by atoms with Crippen LogP contribution in [0.1, 0.15) is 35.5 Å². The number of aromatic nitrogens is 1. The van der Waals surface area contributed by atoms with Gasteiger partial charge in [-0.15, -0.1) is 11.3 Å². The summed E-state index contributed by atoms with van der Waals surface area (Å²) >= 11 is 1.43. The van der Waals surface area contributed by atoms with Gasteiger partial charge in [-0.25, -0.2) is 4.79 Å². The summed E-state index contributed by atoms with van der Waals surface area (Å²) < 4.78 is 7.15. The Morgan fingerprint density at radius 3 is 2.77 bits per heavy atom. The molecule has 0 saturated carbocycles. The van der Waals surface area contributed by atoms with Gasteiger partial charge >= 0.3 is 5.97 Å². The SMILES string of the molecule is CCOC(=O)c1cc(CC)sc1NC(=O)CCn1ccc2ccccc21. The summed E-state index contributed by atoms with van der Waals surface area (Å²) in [6.45, 7) is 4.68. The van der Waals surface area contributed by atoms with Gasteiger partial charge < -0.3 is 14.6 Å². The molecule has 1 aromatic carbocycles. The summed E-state index contributed by atoms with van der Waals surface area (Å²) in [5.74, 6) is -0.506. The molecule has 5 nitrogen and oxygen atoms in total. The first kappa shape index (κ1) is 18.2. The standard InChI is InChI=1S/C20H22N2O3S/c1-3-15-13-16(20(24)25-4-2)19(26-15)21-18(23)10-12-22-11-9-14-7-5-6-8-17(14)22/h5-9,11,13H,3-4,10,12H2,1-2H3,(H,21,23). The lowest BCUT2D eigenvalue weighted by molar-refractivity contribution is -0.116. The van der Waals surface area contributed by atoms with Crippen LogP contribution in [0.15, 0.2) is 42.6 Å². The van der Waals surface area contributed by atoms with Crippen molar-refractivity contribution in [1.82, 2.24) is 4.57 Å². The number of carbonyl (C=O) groups excluding carboxylic acids is 2. The van der Waals surface area contributed by atoms with Crippen molar-refractivity contribution in [3.05, 3.63) is 53.0 Å². The normalized spacial score (nSPS) is 10.8. The summed E-state index contributed by atoms with van der Waals surface area (Å²) in [7, 11) is 0. The van der Waals surface area contributed by atoms with Gasteiger partial charge in [-0.2, -0.15) is 0 Å². The number of thiophene rings is 1. The van der Waals surface area contributed by atoms with Crippen molar-refractivity contribution < 1.29 is 14.3 Å². The molecule has 0 unspecified atom stereocenters. The summed E-state index contributed by atoms with van der Waals surface area (Å²) in [6.07, 6.45) is 3.13. The maximum Gasteiger partial charge on any atom is 0.341 e. The fourth-order valence-electron chi connectivity index (χ4n) is 2.82. The molecule has 0 aliphatic heterocycles. The molecule has 26 heavy (non-hydrogen) atoms. The fourth-order valence-corrected chi connectivity index (χ4v) is 3.82. The minimum atomic E-state index is -0.393. The van der Waals surface area contributed by atoms with Crippen molar-refractivity contribution in [2.45, 2.75) is 33.2 Å². The lowest BCUT2D eigenvalue weighted by Gasteiger charge is -2.08. The van der Waals surface area contributed by atoms with Gasteiger partial charge in [0, 0.05) is 29.6 Å². The molecule has 2 heterocycles. The Bertz CT molecular complexity index is 926. The van der Waals surface area contributed by atoms with E-state index in [9.17, 15) is 9.59 Å². The largest absolute Gasteiger partial charge is 0.462 e. The summed E-state index contributed by atoms with van der Waals surface area (Å²) in [5.41, 5.74) is 1.55. The molecule has 2 aromatic heterocycles. The summed E-state index contributed by atoms with van der Waals surface area (Å²) in [4.78, 5) is 25.5. The van der Waals surface area contributed by atoms with E-state index < -0.39 is 5.97 Å². The Morgan fingerprint density at radius 1 is 1.19 bits per heavy atom. The zero-order chi connectivity index (χ0) is 18.5. The Hall–Kier alpha value is -2.60. The fraction of sp³-hybridized carbons (Fsp3) is 0.300. The molecule has 0 radical (unpaired) electrons. The highest BCUT2D eigenvalue weighted by Crippen LogP contribution is 2.29. The molecule has 0 saturated heterocycles. The Morgan fingerprint density at radius 2 is 2.00 bits per heavy atom. The highest BCUT2D eigenvalue weighted by Gasteiger charge is 2.18. The lowest BCUT2D eigenvalue weighted by atomic mass is 10.2. The zero-order valence-corrected chi connectivity index (χ0v) is 15.8. The number of fused-ring (bicyclic) bond motifs is 1. The van der Waals surface area contributed by atoms with E-state index in [1.165, 1.54) is 11.3 Å². The molecule has 3 rings (SSSR count). The van der Waals surface area contributed by atoms with E-state index in [1.54, 1.807) is 13.0 Å². The second-order valence-corrected chi connectivity index (χ2v) is 7.03. The average Bonchev–Trinajstić information content (AvgIpc) is 3.24. The van der Waals surface area contributed by atoms with E-state index in [1.807, 2.05) is 37.4 Å². The highest BCUT2D eigenvalue weighted by molar-refractivity contribution is 7.16. The minimum absolute atomic E-state index is 0.113. The number of aryl methyl sites for hydroxylation is 2. The molecule has 0 aliphatic rings. The monoisotopic (exact) mass is 370 g/mol. The first-order valence-electron chi connectivity index (χ1n) is 8.76. The van der Waals surface area contributed by atoms with E-state index in [4.69, 9.17) is 4.74 Å². The smallest absolute Gasteiger partial charge is 0.341 e. The van der Waals surface area contributed by atoms with Gasteiger partial charge in [0.2, 0.25) is 5.91 Å². The van der Waals surface area contributed by atoms with Gasteiger partial charge in [0.1, 0.15) is 5.00 Å². The van der Waals surface area contributed by atoms with Crippen LogP contribution in [0.25, 0.3) is 10.9 Å². The molecule has 0 spiro atoms. The molecule has 1 N–H and O–H groups in total. The van der Waals surface area contributed by atoms with Crippen molar-refractivity contribution >= 4 is 39.1 Å². The number of rotatable bonds is 7. The Kier molecular flexibility index (Phi) is 5.73. The molecule has 1 amide bonds. The van der Waals surface area contributed by atoms with E-state index >= 15 is 0 Å². The summed E-state index contributed by atoms with van der Waals surface area (Å²) in [5, 5.41) is 4.61. The molecule has 0 atom stereocenters. The molecule has 136 valence electrons. The number of anilines is 1. The number of benzene rings is 1. The van der Waals surface area contributed by atoms with Gasteiger partial charge in [-0.3, -0.25) is 4.79 Å². The van der Waals surface area contributed by atoms with E-state index in [-0.39, 0.29) is 5.91 Å². The van der Waals surface area contributed by atoms with Gasteiger partial charge in [0.05, 0.1) is 12.2 Å². The third-order valence-corrected chi connectivity index (χ3v) is 5.33. The molecule has 3 aromatic rings. The van der Waals surface area contributed by atoms with Gasteiger partial charge in [-0.1, -0.05) is 25.1 Å². The van der Waals surface area contributed by atoms with Crippen molar-refractivity contribution in [3.63, 3.8) is 0 Å². The van der Waals surface area contributed by atoms with E-state index in [2.05, 4.69) is 16.0 Å². The number of amides is 1. The molecule has 0 aliphatic carbocycles. The number of esters is 1. The third-order valence-electron chi connectivity index (χ3n) is 4.14. The lowest BCUT2D eigenvalue weighted by Crippen LogP contribution is -2.15. The van der Waals surface area contributed by atoms with Crippen LogP contribution in [0.2, 0.25) is 0 Å². The zero-order valence-electron chi connectivity index (χ0n) is 15.0. The predicted octanol–water partition coefficient (Wildman–Crippen LogP) is 4.47. The van der Waals surface area contributed by atoms with Crippen LogP contribution in [0.4, 0.5) is 5.00 Å². The quantitative estimate of drug-likeness (QED) is 0.624. The van der Waals surface area contributed by atoms with Crippen molar-refractivity contribution in [2.24, 2.45) is 0 Å². The first-order chi connectivity index (χ1) is 12.6. The number of para-hydroxylation sites is 1. The number of nitrogens with one attached hydrogen (secondary N) is 1. The Labute approximate surface area is 156 Å². The Balaban J connectivity index is 1.68. The van der Waals surface area contributed by atoms with Crippen LogP contribution in [0.5, 0.6) is 0 Å². The molecule has 0 bridgehead atoms. The summed E-state index contributed by atoms with van der Waals surface area (Å²) in [6, 6.07) is 11.9.